The molecular weight excluding hydrogens is 228 g/mol. The highest BCUT2D eigenvalue weighted by atomic mass is 32.1. The Bertz CT molecular complexity index is 388. The van der Waals surface area contributed by atoms with E-state index >= 15 is 0 Å². The average Bonchev–Trinajstić information content (AvgIpc) is 2.90. The number of carbonyl (C=O) groups is 1. The number of hydrogen-bond acceptors (Lipinski definition) is 2. The number of benzene rings is 1. The second kappa shape index (κ2) is 6.06. The normalized spacial score (nSPS) is 16.0. The maximum atomic E-state index is 11.9. The summed E-state index contributed by atoms with van der Waals surface area (Å²) < 4.78 is 0. The monoisotopic (exact) mass is 246 g/mol. The number of carbonyl (C=O) groups excluding carboxylic acids is 1. The topological polar surface area (TPSA) is 17.1 Å². The molecular formula is C15H18OS. The van der Waals surface area contributed by atoms with Crippen molar-refractivity contribution < 1.29 is 4.79 Å². The Hall–Kier alpha value is -1.02. The molecule has 0 spiro atoms. The van der Waals surface area contributed by atoms with E-state index in [-0.39, 0.29) is 0 Å². The van der Waals surface area contributed by atoms with Gasteiger partial charge in [0, 0.05) is 17.7 Å². The van der Waals surface area contributed by atoms with Gasteiger partial charge in [-0.1, -0.05) is 49.3 Å². The van der Waals surface area contributed by atoms with Gasteiger partial charge in [0.25, 0.3) is 0 Å². The van der Waals surface area contributed by atoms with Crippen molar-refractivity contribution in [2.45, 2.75) is 38.5 Å². The van der Waals surface area contributed by atoms with Crippen molar-refractivity contribution in [3.05, 3.63) is 35.4 Å². The molecule has 0 saturated heterocycles. The molecule has 1 nitrogen and oxygen atoms in total. The van der Waals surface area contributed by atoms with Gasteiger partial charge < -0.3 is 0 Å². The van der Waals surface area contributed by atoms with Gasteiger partial charge in [-0.05, 0) is 30.4 Å². The molecule has 1 aliphatic carbocycles. The van der Waals surface area contributed by atoms with Gasteiger partial charge in [0.15, 0.2) is 0 Å². The van der Waals surface area contributed by atoms with Crippen molar-refractivity contribution in [1.29, 1.82) is 0 Å². The van der Waals surface area contributed by atoms with Crippen LogP contribution in [0.3, 0.4) is 0 Å². The third-order valence-electron chi connectivity index (χ3n) is 3.59. The van der Waals surface area contributed by atoms with Gasteiger partial charge >= 0.3 is 0 Å². The molecule has 1 fully saturated rings. The Morgan fingerprint density at radius 2 is 1.88 bits per heavy atom. The molecule has 1 aromatic rings. The van der Waals surface area contributed by atoms with E-state index in [2.05, 4.69) is 12.1 Å². The summed E-state index contributed by atoms with van der Waals surface area (Å²) in [5, 5.41) is 1.67. The van der Waals surface area contributed by atoms with Crippen LogP contribution in [0.25, 0.3) is 0 Å². The average molecular weight is 246 g/mol. The first-order valence-electron chi connectivity index (χ1n) is 6.36. The smallest absolute Gasteiger partial charge is 0.136 e. The summed E-state index contributed by atoms with van der Waals surface area (Å²) in [4.78, 5) is 11.9. The van der Waals surface area contributed by atoms with Crippen LogP contribution < -0.4 is 0 Å². The minimum atomic E-state index is 0.357. The summed E-state index contributed by atoms with van der Waals surface area (Å²) in [5.41, 5.74) is 2.29. The van der Waals surface area contributed by atoms with Gasteiger partial charge in [-0.2, -0.15) is 0 Å². The summed E-state index contributed by atoms with van der Waals surface area (Å²) in [7, 11) is 0. The highest BCUT2D eigenvalue weighted by Crippen LogP contribution is 2.26. The molecule has 2 rings (SSSR count). The van der Waals surface area contributed by atoms with Crippen LogP contribution in [0.1, 0.15) is 43.2 Å². The van der Waals surface area contributed by atoms with Gasteiger partial charge in [-0.3, -0.25) is 4.79 Å². The first-order chi connectivity index (χ1) is 8.29. The molecule has 17 heavy (non-hydrogen) atoms. The number of Topliss-reactive ketones (excluding diaryl/α,β-unsaturated/α-hetero) is 1. The lowest BCUT2D eigenvalue weighted by Gasteiger charge is -2.07. The predicted molar refractivity (Wildman–Crippen MR) is 74.5 cm³/mol. The lowest BCUT2D eigenvalue weighted by molar-refractivity contribution is -0.122. The Morgan fingerprint density at radius 1 is 1.24 bits per heavy atom. The Balaban J connectivity index is 1.84. The second-order valence-corrected chi connectivity index (χ2v) is 5.04. The summed E-state index contributed by atoms with van der Waals surface area (Å²) in [6.45, 7) is 0. The van der Waals surface area contributed by atoms with E-state index in [0.717, 1.165) is 24.8 Å². The van der Waals surface area contributed by atoms with Crippen LogP contribution in [-0.2, 0) is 11.2 Å². The quantitative estimate of drug-likeness (QED) is 0.736. The molecule has 0 atom stereocenters. The number of hydrogen-bond donors (Lipinski definition) is 0. The number of rotatable bonds is 5. The summed E-state index contributed by atoms with van der Waals surface area (Å²) in [6, 6.07) is 8.17. The molecule has 90 valence electrons. The van der Waals surface area contributed by atoms with Crippen molar-refractivity contribution in [1.82, 2.24) is 0 Å². The van der Waals surface area contributed by atoms with Crippen LogP contribution in [0.2, 0.25) is 0 Å². The van der Waals surface area contributed by atoms with E-state index in [0.29, 0.717) is 18.1 Å². The van der Waals surface area contributed by atoms with E-state index in [1.807, 2.05) is 12.1 Å². The summed E-state index contributed by atoms with van der Waals surface area (Å²) >= 11 is 4.86. The minimum Gasteiger partial charge on any atom is -0.299 e. The van der Waals surface area contributed by atoms with Crippen LogP contribution in [-0.4, -0.2) is 11.2 Å². The zero-order chi connectivity index (χ0) is 12.1. The van der Waals surface area contributed by atoms with Gasteiger partial charge in [0.2, 0.25) is 0 Å². The van der Waals surface area contributed by atoms with Gasteiger partial charge in [0.05, 0.1) is 0 Å². The van der Waals surface area contributed by atoms with E-state index in [9.17, 15) is 4.79 Å². The second-order valence-electron chi connectivity index (χ2n) is 4.81. The standard InChI is InChI=1S/C15H18OS/c16-15(14-3-1-2-4-14)10-9-12-5-7-13(11-17)8-6-12/h5-8,11,14H,1-4,9-10H2. The van der Waals surface area contributed by atoms with Crippen molar-refractivity contribution in [3.8, 4) is 0 Å². The maximum absolute atomic E-state index is 11.9. The number of thiocarbonyl (C=S) groups is 1. The molecule has 1 aromatic carbocycles. The van der Waals surface area contributed by atoms with E-state index < -0.39 is 0 Å². The Kier molecular flexibility index (Phi) is 4.43. The van der Waals surface area contributed by atoms with E-state index in [1.165, 1.54) is 18.4 Å². The van der Waals surface area contributed by atoms with Gasteiger partial charge in [0.1, 0.15) is 5.78 Å². The fourth-order valence-corrected chi connectivity index (χ4v) is 2.64. The Morgan fingerprint density at radius 3 is 2.47 bits per heavy atom. The lowest BCUT2D eigenvalue weighted by Crippen LogP contribution is -2.11. The Labute approximate surface area is 108 Å². The first-order valence-corrected chi connectivity index (χ1v) is 6.83. The third-order valence-corrected chi connectivity index (χ3v) is 3.86. The molecule has 1 saturated carbocycles. The van der Waals surface area contributed by atoms with Crippen LogP contribution >= 0.6 is 12.2 Å². The van der Waals surface area contributed by atoms with Gasteiger partial charge in [-0.25, -0.2) is 0 Å². The highest BCUT2D eigenvalue weighted by Gasteiger charge is 2.21. The SMILES string of the molecule is O=C(CCc1ccc(C=S)cc1)C1CCCC1. The third kappa shape index (κ3) is 3.47. The molecule has 0 amide bonds. The lowest BCUT2D eigenvalue weighted by atomic mass is 9.96. The first kappa shape index (κ1) is 12.4. The fraction of sp³-hybridized carbons (Fsp3) is 0.467. The number of ketones is 1. The van der Waals surface area contributed by atoms with Crippen LogP contribution in [0, 0.1) is 5.92 Å². The van der Waals surface area contributed by atoms with E-state index in [1.54, 1.807) is 5.37 Å². The largest absolute Gasteiger partial charge is 0.299 e. The molecule has 0 unspecified atom stereocenters. The molecule has 0 N–H and O–H groups in total. The molecule has 0 heterocycles. The van der Waals surface area contributed by atoms with Crippen LogP contribution in [0.15, 0.2) is 24.3 Å². The van der Waals surface area contributed by atoms with Crippen LogP contribution in [0.4, 0.5) is 0 Å². The van der Waals surface area contributed by atoms with Crippen molar-refractivity contribution in [2.75, 3.05) is 0 Å². The maximum Gasteiger partial charge on any atom is 0.136 e. The van der Waals surface area contributed by atoms with Crippen LogP contribution in [0.5, 0.6) is 0 Å². The molecule has 0 aliphatic heterocycles. The molecule has 2 heteroatoms. The highest BCUT2D eigenvalue weighted by molar-refractivity contribution is 7.79. The molecule has 0 bridgehead atoms. The minimum absolute atomic E-state index is 0.357. The zero-order valence-electron chi connectivity index (χ0n) is 10.0. The van der Waals surface area contributed by atoms with Crippen molar-refractivity contribution >= 4 is 23.4 Å². The number of aryl methyl sites for hydroxylation is 1. The van der Waals surface area contributed by atoms with Gasteiger partial charge in [-0.15, -0.1) is 0 Å². The van der Waals surface area contributed by atoms with Crippen molar-refractivity contribution in [3.63, 3.8) is 0 Å². The van der Waals surface area contributed by atoms with E-state index in [4.69, 9.17) is 12.2 Å². The molecule has 0 aromatic heterocycles. The fourth-order valence-electron chi connectivity index (χ4n) is 2.48. The summed E-state index contributed by atoms with van der Waals surface area (Å²) in [6.07, 6.45) is 6.26. The predicted octanol–water partition coefficient (Wildman–Crippen LogP) is 3.73. The van der Waals surface area contributed by atoms with Crippen molar-refractivity contribution in [2.24, 2.45) is 5.92 Å². The summed E-state index contributed by atoms with van der Waals surface area (Å²) in [5.74, 6) is 0.816. The zero-order valence-corrected chi connectivity index (χ0v) is 10.8. The molecule has 1 aliphatic rings. The molecule has 0 radical (unpaired) electrons.